The molecular weight excluding hydrogens is 364 g/mol. The van der Waals surface area contributed by atoms with Crippen LogP contribution in [0.4, 0.5) is 17.5 Å². The Morgan fingerprint density at radius 1 is 0.963 bits per heavy atom. The minimum atomic E-state index is 0.0138. The second-order valence-electron chi connectivity index (χ2n) is 6.42. The van der Waals surface area contributed by atoms with E-state index in [2.05, 4.69) is 14.9 Å². The van der Waals surface area contributed by atoms with E-state index in [0.29, 0.717) is 42.6 Å². The van der Waals surface area contributed by atoms with Crippen LogP contribution in [0.3, 0.4) is 0 Å². The monoisotopic (exact) mass is 382 g/mol. The lowest BCUT2D eigenvalue weighted by Gasteiger charge is -2.36. The van der Waals surface area contributed by atoms with Gasteiger partial charge in [-0.15, -0.1) is 0 Å². The Labute approximate surface area is 161 Å². The predicted octanol–water partition coefficient (Wildman–Crippen LogP) is 2.41. The highest BCUT2D eigenvalue weighted by atomic mass is 35.5. The predicted molar refractivity (Wildman–Crippen MR) is 108 cm³/mol. The number of carbonyl (C=O) groups excluding carboxylic acids is 1. The van der Waals surface area contributed by atoms with E-state index in [9.17, 15) is 4.79 Å². The van der Waals surface area contributed by atoms with Crippen LogP contribution >= 0.6 is 11.6 Å². The Hall–Kier alpha value is -3.06. The van der Waals surface area contributed by atoms with Crippen LogP contribution in [0.25, 0.3) is 10.9 Å². The molecule has 2 aromatic carbocycles. The van der Waals surface area contributed by atoms with Crippen LogP contribution in [0.2, 0.25) is 5.02 Å². The average Bonchev–Trinajstić information content (AvgIpc) is 2.67. The summed E-state index contributed by atoms with van der Waals surface area (Å²) >= 11 is 5.90. The number of anilines is 3. The topological polar surface area (TPSA) is 101 Å². The highest BCUT2D eigenvalue weighted by molar-refractivity contribution is 6.30. The molecule has 4 rings (SSSR count). The molecular formula is C19H19ClN6O. The van der Waals surface area contributed by atoms with Crippen LogP contribution < -0.4 is 16.4 Å². The van der Waals surface area contributed by atoms with E-state index in [1.807, 2.05) is 23.1 Å². The van der Waals surface area contributed by atoms with Crippen molar-refractivity contribution in [3.05, 3.63) is 53.1 Å². The summed E-state index contributed by atoms with van der Waals surface area (Å²) in [6.45, 7) is 2.63. The largest absolute Gasteiger partial charge is 0.383 e. The van der Waals surface area contributed by atoms with E-state index in [4.69, 9.17) is 23.1 Å². The average molecular weight is 383 g/mol. The van der Waals surface area contributed by atoms with Gasteiger partial charge in [0.15, 0.2) is 0 Å². The number of carbonyl (C=O) groups is 1. The fraction of sp³-hybridized carbons (Fsp3) is 0.211. The van der Waals surface area contributed by atoms with Crippen LogP contribution in [0.15, 0.2) is 42.5 Å². The number of aromatic nitrogens is 2. The molecule has 0 bridgehead atoms. The van der Waals surface area contributed by atoms with Gasteiger partial charge in [0, 0.05) is 36.8 Å². The number of halogens is 1. The van der Waals surface area contributed by atoms with Crippen LogP contribution in [0.1, 0.15) is 10.4 Å². The summed E-state index contributed by atoms with van der Waals surface area (Å²) in [6.07, 6.45) is 0. The Kier molecular flexibility index (Phi) is 4.45. The first-order valence-electron chi connectivity index (χ1n) is 8.64. The van der Waals surface area contributed by atoms with Crippen LogP contribution in [0.5, 0.6) is 0 Å². The van der Waals surface area contributed by atoms with Gasteiger partial charge in [0.05, 0.1) is 16.6 Å². The summed E-state index contributed by atoms with van der Waals surface area (Å²) in [5.74, 6) is 0.545. The van der Waals surface area contributed by atoms with Crippen molar-refractivity contribution in [2.24, 2.45) is 0 Å². The second kappa shape index (κ2) is 6.92. The zero-order valence-corrected chi connectivity index (χ0v) is 15.4. The summed E-state index contributed by atoms with van der Waals surface area (Å²) in [4.78, 5) is 25.1. The molecule has 0 unspecified atom stereocenters. The molecule has 0 aliphatic carbocycles. The standard InChI is InChI=1S/C19H19ClN6O/c20-13-6-4-12(5-7-13)18(27)26-10-8-25(9-11-26)15-3-1-2-14-16(15)17(21)24-19(22)23-14/h1-7H,8-11H2,(H4,21,22,23,24). The van der Waals surface area contributed by atoms with Crippen LogP contribution in [-0.2, 0) is 0 Å². The van der Waals surface area contributed by atoms with Gasteiger partial charge < -0.3 is 21.3 Å². The Balaban J connectivity index is 1.54. The molecule has 1 aromatic heterocycles. The van der Waals surface area contributed by atoms with Crippen molar-refractivity contribution in [1.29, 1.82) is 0 Å². The minimum absolute atomic E-state index is 0.0138. The van der Waals surface area contributed by atoms with Gasteiger partial charge in [0.2, 0.25) is 5.95 Å². The molecule has 8 heteroatoms. The molecule has 2 heterocycles. The normalized spacial score (nSPS) is 14.6. The minimum Gasteiger partial charge on any atom is -0.383 e. The first kappa shape index (κ1) is 17.4. The molecule has 1 fully saturated rings. The Morgan fingerprint density at radius 3 is 2.37 bits per heavy atom. The molecule has 1 amide bonds. The van der Waals surface area contributed by atoms with Gasteiger partial charge in [-0.1, -0.05) is 17.7 Å². The molecule has 4 N–H and O–H groups in total. The van der Waals surface area contributed by atoms with E-state index in [1.165, 1.54) is 0 Å². The van der Waals surface area contributed by atoms with Crippen molar-refractivity contribution >= 4 is 45.9 Å². The number of hydrogen-bond donors (Lipinski definition) is 2. The lowest BCUT2D eigenvalue weighted by atomic mass is 10.1. The van der Waals surface area contributed by atoms with Gasteiger partial charge >= 0.3 is 0 Å². The van der Waals surface area contributed by atoms with Crippen molar-refractivity contribution in [3.8, 4) is 0 Å². The Bertz CT molecular complexity index is 999. The van der Waals surface area contributed by atoms with Crippen molar-refractivity contribution in [3.63, 3.8) is 0 Å². The van der Waals surface area contributed by atoms with E-state index in [1.54, 1.807) is 24.3 Å². The highest BCUT2D eigenvalue weighted by Crippen LogP contribution is 2.31. The molecule has 0 spiro atoms. The third kappa shape index (κ3) is 3.33. The Morgan fingerprint density at radius 2 is 1.67 bits per heavy atom. The van der Waals surface area contributed by atoms with Crippen LogP contribution in [0, 0.1) is 0 Å². The molecule has 0 radical (unpaired) electrons. The lowest BCUT2D eigenvalue weighted by molar-refractivity contribution is 0.0747. The second-order valence-corrected chi connectivity index (χ2v) is 6.86. The third-order valence-corrected chi connectivity index (χ3v) is 5.00. The van der Waals surface area contributed by atoms with Gasteiger partial charge in [-0.25, -0.2) is 4.98 Å². The molecule has 3 aromatic rings. The number of fused-ring (bicyclic) bond motifs is 1. The van der Waals surface area contributed by atoms with Crippen molar-refractivity contribution in [2.75, 3.05) is 42.5 Å². The molecule has 27 heavy (non-hydrogen) atoms. The van der Waals surface area contributed by atoms with Gasteiger partial charge in [0.25, 0.3) is 5.91 Å². The maximum Gasteiger partial charge on any atom is 0.253 e. The maximum absolute atomic E-state index is 12.7. The van der Waals surface area contributed by atoms with Crippen molar-refractivity contribution in [2.45, 2.75) is 0 Å². The molecule has 1 aliphatic heterocycles. The number of nitrogens with two attached hydrogens (primary N) is 2. The zero-order chi connectivity index (χ0) is 19.0. The van der Waals surface area contributed by atoms with E-state index < -0.39 is 0 Å². The van der Waals surface area contributed by atoms with E-state index in [-0.39, 0.29) is 11.9 Å². The number of rotatable bonds is 2. The summed E-state index contributed by atoms with van der Waals surface area (Å²) in [6, 6.07) is 12.8. The fourth-order valence-corrected chi connectivity index (χ4v) is 3.53. The summed E-state index contributed by atoms with van der Waals surface area (Å²) < 4.78 is 0. The summed E-state index contributed by atoms with van der Waals surface area (Å²) in [5.41, 5.74) is 14.1. The number of piperazine rings is 1. The van der Waals surface area contributed by atoms with Crippen molar-refractivity contribution < 1.29 is 4.79 Å². The highest BCUT2D eigenvalue weighted by Gasteiger charge is 2.24. The third-order valence-electron chi connectivity index (χ3n) is 4.75. The van der Waals surface area contributed by atoms with Crippen molar-refractivity contribution in [1.82, 2.24) is 14.9 Å². The van der Waals surface area contributed by atoms with E-state index >= 15 is 0 Å². The van der Waals surface area contributed by atoms with Gasteiger partial charge in [-0.2, -0.15) is 4.98 Å². The number of nitrogen functional groups attached to an aromatic ring is 2. The molecule has 1 saturated heterocycles. The number of benzene rings is 2. The van der Waals surface area contributed by atoms with Gasteiger partial charge in [-0.05, 0) is 36.4 Å². The SMILES string of the molecule is Nc1nc(N)c2c(N3CCN(C(=O)c4ccc(Cl)cc4)CC3)cccc2n1. The molecule has 1 aliphatic rings. The molecule has 0 atom stereocenters. The fourth-order valence-electron chi connectivity index (χ4n) is 3.40. The first-order chi connectivity index (χ1) is 13.0. The maximum atomic E-state index is 12.7. The summed E-state index contributed by atoms with van der Waals surface area (Å²) in [5, 5.41) is 1.41. The molecule has 0 saturated carbocycles. The number of hydrogen-bond acceptors (Lipinski definition) is 6. The van der Waals surface area contributed by atoms with E-state index in [0.717, 1.165) is 16.6 Å². The zero-order valence-electron chi connectivity index (χ0n) is 14.6. The smallest absolute Gasteiger partial charge is 0.253 e. The van der Waals surface area contributed by atoms with Crippen LogP contribution in [-0.4, -0.2) is 47.0 Å². The molecule has 138 valence electrons. The van der Waals surface area contributed by atoms with Gasteiger partial charge in [-0.3, -0.25) is 4.79 Å². The lowest BCUT2D eigenvalue weighted by Crippen LogP contribution is -2.48. The summed E-state index contributed by atoms with van der Waals surface area (Å²) in [7, 11) is 0. The molecule has 7 nitrogen and oxygen atoms in total. The first-order valence-corrected chi connectivity index (χ1v) is 9.02. The number of amides is 1. The number of nitrogens with zero attached hydrogens (tertiary/aromatic N) is 4. The quantitative estimate of drug-likeness (QED) is 0.705. The van der Waals surface area contributed by atoms with Gasteiger partial charge in [0.1, 0.15) is 5.82 Å².